The zero-order valence-electron chi connectivity index (χ0n) is 16.2. The molecule has 1 aliphatic heterocycles. The van der Waals surface area contributed by atoms with E-state index in [1.807, 2.05) is 12.1 Å². The lowest BCUT2D eigenvalue weighted by Crippen LogP contribution is -2.45. The summed E-state index contributed by atoms with van der Waals surface area (Å²) in [5, 5.41) is 12.6. The highest BCUT2D eigenvalue weighted by atomic mass is 16.3. The van der Waals surface area contributed by atoms with Crippen LogP contribution in [0.4, 0.5) is 5.69 Å². The molecule has 0 unspecified atom stereocenters. The Morgan fingerprint density at radius 1 is 1.10 bits per heavy atom. The fourth-order valence-electron chi connectivity index (χ4n) is 3.47. The second-order valence-electron chi connectivity index (χ2n) is 7.19. The molecule has 8 nitrogen and oxygen atoms in total. The van der Waals surface area contributed by atoms with Crippen LogP contribution in [0.3, 0.4) is 0 Å². The summed E-state index contributed by atoms with van der Waals surface area (Å²) in [4.78, 5) is 39.6. The molecule has 2 aromatic carbocycles. The van der Waals surface area contributed by atoms with Gasteiger partial charge in [0.05, 0.1) is 0 Å². The molecule has 2 amide bonds. The molecule has 154 valence electrons. The number of carbonyl (C=O) groups is 2. The number of hydrogen-bond donors (Lipinski definition) is 2. The van der Waals surface area contributed by atoms with Crippen molar-refractivity contribution in [1.82, 2.24) is 9.80 Å². The van der Waals surface area contributed by atoms with Gasteiger partial charge in [-0.25, -0.2) is 0 Å². The molecule has 1 fully saturated rings. The van der Waals surface area contributed by atoms with E-state index in [0.29, 0.717) is 5.69 Å². The van der Waals surface area contributed by atoms with Gasteiger partial charge in [-0.05, 0) is 29.8 Å². The van der Waals surface area contributed by atoms with Crippen LogP contribution in [0, 0.1) is 0 Å². The fraction of sp³-hybridized carbons (Fsp3) is 0.227. The van der Waals surface area contributed by atoms with Gasteiger partial charge in [0.25, 0.3) is 5.91 Å². The van der Waals surface area contributed by atoms with E-state index in [2.05, 4.69) is 10.2 Å². The minimum absolute atomic E-state index is 0.0485. The largest absolute Gasteiger partial charge is 0.507 e. The van der Waals surface area contributed by atoms with E-state index in [4.69, 9.17) is 4.42 Å². The Morgan fingerprint density at radius 2 is 1.83 bits per heavy atom. The maximum atomic E-state index is 12.5. The van der Waals surface area contributed by atoms with Gasteiger partial charge in [0.15, 0.2) is 11.2 Å². The number of nitrogens with zero attached hydrogens (tertiary/aromatic N) is 2. The molecule has 1 aromatic heterocycles. The number of hydrogen-bond acceptors (Lipinski definition) is 6. The molecule has 8 heteroatoms. The fourth-order valence-corrected chi connectivity index (χ4v) is 3.47. The molecule has 30 heavy (non-hydrogen) atoms. The van der Waals surface area contributed by atoms with Gasteiger partial charge < -0.3 is 19.7 Å². The lowest BCUT2D eigenvalue weighted by atomic mass is 10.1. The van der Waals surface area contributed by atoms with Gasteiger partial charge in [0.2, 0.25) is 6.41 Å². The van der Waals surface area contributed by atoms with Gasteiger partial charge in [-0.1, -0.05) is 18.2 Å². The Bertz CT molecular complexity index is 1130. The predicted octanol–water partition coefficient (Wildman–Crippen LogP) is 2.02. The number of fused-ring (bicyclic) bond motifs is 1. The molecular weight excluding hydrogens is 386 g/mol. The van der Waals surface area contributed by atoms with Crippen molar-refractivity contribution in [3.8, 4) is 5.75 Å². The topological polar surface area (TPSA) is 103 Å². The summed E-state index contributed by atoms with van der Waals surface area (Å²) in [5.41, 5.74) is 1.34. The minimum atomic E-state index is -0.546. The van der Waals surface area contributed by atoms with Gasteiger partial charge in [-0.15, -0.1) is 0 Å². The lowest BCUT2D eigenvalue weighted by Gasteiger charge is -2.32. The van der Waals surface area contributed by atoms with Crippen LogP contribution in [0.5, 0.6) is 5.75 Å². The van der Waals surface area contributed by atoms with Crippen LogP contribution in [0.2, 0.25) is 0 Å². The molecule has 0 aliphatic carbocycles. The van der Waals surface area contributed by atoms with Gasteiger partial charge in [0.1, 0.15) is 16.7 Å². The number of aromatic hydroxyl groups is 1. The SMILES string of the molecule is O=CN1CCN(Cc2ccc(NC(=O)c3cc(=O)c4c(O)cccc4o3)cc2)CC1. The second-order valence-corrected chi connectivity index (χ2v) is 7.19. The van der Waals surface area contributed by atoms with Gasteiger partial charge in [0, 0.05) is 44.5 Å². The molecule has 3 aromatic rings. The summed E-state index contributed by atoms with van der Waals surface area (Å²) in [5.74, 6) is -0.860. The third-order valence-electron chi connectivity index (χ3n) is 5.13. The van der Waals surface area contributed by atoms with E-state index in [1.165, 1.54) is 12.1 Å². The van der Waals surface area contributed by atoms with E-state index in [0.717, 1.165) is 50.8 Å². The number of carbonyl (C=O) groups excluding carboxylic acids is 2. The Hall–Kier alpha value is -3.65. The first-order valence-corrected chi connectivity index (χ1v) is 9.61. The molecule has 1 saturated heterocycles. The highest BCUT2D eigenvalue weighted by molar-refractivity contribution is 6.03. The average molecular weight is 407 g/mol. The van der Waals surface area contributed by atoms with Crippen molar-refractivity contribution in [2.24, 2.45) is 0 Å². The van der Waals surface area contributed by atoms with E-state index in [-0.39, 0.29) is 22.5 Å². The standard InChI is InChI=1S/C22H21N3O5/c26-14-25-10-8-24(9-11-25)13-15-4-6-16(7-5-15)23-22(29)20-12-18(28)21-17(27)2-1-3-19(21)30-20/h1-7,12,14,27H,8-11,13H2,(H,23,29). The molecule has 0 radical (unpaired) electrons. The van der Waals surface area contributed by atoms with Gasteiger partial charge in [-0.2, -0.15) is 0 Å². The van der Waals surface area contributed by atoms with Gasteiger partial charge >= 0.3 is 0 Å². The Labute approximate surface area is 172 Å². The number of rotatable bonds is 5. The first-order valence-electron chi connectivity index (χ1n) is 9.61. The van der Waals surface area contributed by atoms with E-state index >= 15 is 0 Å². The number of phenolic OH excluding ortho intramolecular Hbond substituents is 1. The third kappa shape index (κ3) is 4.18. The number of benzene rings is 2. The lowest BCUT2D eigenvalue weighted by molar-refractivity contribution is -0.119. The summed E-state index contributed by atoms with van der Waals surface area (Å²) >= 11 is 0. The number of phenols is 1. The summed E-state index contributed by atoms with van der Waals surface area (Å²) in [7, 11) is 0. The molecule has 2 heterocycles. The zero-order chi connectivity index (χ0) is 21.1. The Morgan fingerprint density at radius 3 is 2.53 bits per heavy atom. The monoisotopic (exact) mass is 407 g/mol. The van der Waals surface area contributed by atoms with Crippen molar-refractivity contribution >= 4 is 29.0 Å². The van der Waals surface area contributed by atoms with Crippen molar-refractivity contribution in [2.75, 3.05) is 31.5 Å². The van der Waals surface area contributed by atoms with E-state index in [1.54, 1.807) is 23.1 Å². The van der Waals surface area contributed by atoms with Crippen LogP contribution >= 0.6 is 0 Å². The summed E-state index contributed by atoms with van der Waals surface area (Å²) in [6.07, 6.45) is 0.884. The second kappa shape index (κ2) is 8.38. The predicted molar refractivity (Wildman–Crippen MR) is 111 cm³/mol. The van der Waals surface area contributed by atoms with Crippen molar-refractivity contribution in [2.45, 2.75) is 6.54 Å². The highest BCUT2D eigenvalue weighted by Gasteiger charge is 2.16. The van der Waals surface area contributed by atoms with Crippen LogP contribution in [-0.4, -0.2) is 53.4 Å². The number of piperazine rings is 1. The van der Waals surface area contributed by atoms with Crippen LogP contribution in [0.25, 0.3) is 11.0 Å². The maximum absolute atomic E-state index is 12.5. The van der Waals surface area contributed by atoms with Crippen LogP contribution in [0.15, 0.2) is 57.7 Å². The van der Waals surface area contributed by atoms with E-state index in [9.17, 15) is 19.5 Å². The normalized spacial score (nSPS) is 14.6. The first kappa shape index (κ1) is 19.7. The number of nitrogens with one attached hydrogen (secondary N) is 1. The first-order chi connectivity index (χ1) is 14.5. The van der Waals surface area contributed by atoms with Crippen molar-refractivity contribution < 1.29 is 19.1 Å². The zero-order valence-corrected chi connectivity index (χ0v) is 16.2. The third-order valence-corrected chi connectivity index (χ3v) is 5.13. The molecule has 4 rings (SSSR count). The maximum Gasteiger partial charge on any atom is 0.291 e. The van der Waals surface area contributed by atoms with E-state index < -0.39 is 11.3 Å². The molecular formula is C22H21N3O5. The van der Waals surface area contributed by atoms with Crippen LogP contribution in [-0.2, 0) is 11.3 Å². The summed E-state index contributed by atoms with van der Waals surface area (Å²) < 4.78 is 5.49. The number of amides is 2. The molecule has 0 atom stereocenters. The minimum Gasteiger partial charge on any atom is -0.507 e. The van der Waals surface area contributed by atoms with Crippen LogP contribution < -0.4 is 10.7 Å². The van der Waals surface area contributed by atoms with Crippen molar-refractivity contribution in [1.29, 1.82) is 0 Å². The van der Waals surface area contributed by atoms with Crippen molar-refractivity contribution in [3.05, 3.63) is 70.1 Å². The average Bonchev–Trinajstić information content (AvgIpc) is 2.75. The molecule has 0 spiro atoms. The van der Waals surface area contributed by atoms with Crippen LogP contribution in [0.1, 0.15) is 16.1 Å². The van der Waals surface area contributed by atoms with Crippen molar-refractivity contribution in [3.63, 3.8) is 0 Å². The summed E-state index contributed by atoms with van der Waals surface area (Å²) in [6.45, 7) is 3.88. The molecule has 1 aliphatic rings. The number of anilines is 1. The molecule has 0 saturated carbocycles. The van der Waals surface area contributed by atoms with Gasteiger partial charge in [-0.3, -0.25) is 19.3 Å². The summed E-state index contributed by atoms with van der Waals surface area (Å²) in [6, 6.07) is 13.0. The Balaban J connectivity index is 1.42. The quantitative estimate of drug-likeness (QED) is 0.628. The molecule has 0 bridgehead atoms. The Kier molecular flexibility index (Phi) is 5.49. The smallest absolute Gasteiger partial charge is 0.291 e. The highest BCUT2D eigenvalue weighted by Crippen LogP contribution is 2.22. The molecule has 2 N–H and O–H groups in total.